The predicted molar refractivity (Wildman–Crippen MR) is 108 cm³/mol. The van der Waals surface area contributed by atoms with Gasteiger partial charge in [0.1, 0.15) is 24.1 Å². The summed E-state index contributed by atoms with van der Waals surface area (Å²) in [6.45, 7) is 8.50. The molecule has 5 nitrogen and oxygen atoms in total. The van der Waals surface area contributed by atoms with Gasteiger partial charge in [-0.25, -0.2) is 0 Å². The van der Waals surface area contributed by atoms with Gasteiger partial charge in [0.15, 0.2) is 0 Å². The minimum Gasteiger partial charge on any atom is -0.490 e. The first-order valence-corrected chi connectivity index (χ1v) is 9.20. The van der Waals surface area contributed by atoms with Crippen molar-refractivity contribution in [1.82, 2.24) is 10.6 Å². The monoisotopic (exact) mass is 368 g/mol. The Morgan fingerprint density at radius 1 is 1.11 bits per heavy atom. The minimum absolute atomic E-state index is 0.215. The Morgan fingerprint density at radius 2 is 1.81 bits per heavy atom. The first-order valence-electron chi connectivity index (χ1n) is 9.20. The van der Waals surface area contributed by atoms with Gasteiger partial charge in [-0.3, -0.25) is 9.59 Å². The zero-order valence-electron chi connectivity index (χ0n) is 16.5. The first kappa shape index (κ1) is 20.5. The summed E-state index contributed by atoms with van der Waals surface area (Å²) in [6.07, 6.45) is 8.07. The van der Waals surface area contributed by atoms with Gasteiger partial charge in [-0.05, 0) is 70.4 Å². The molecular formula is C22H28N2O3. The van der Waals surface area contributed by atoms with E-state index in [1.165, 1.54) is 11.1 Å². The Kier molecular flexibility index (Phi) is 7.41. The molecule has 1 aromatic carbocycles. The predicted octanol–water partition coefficient (Wildman–Crippen LogP) is 3.73. The molecule has 0 aliphatic carbocycles. The lowest BCUT2D eigenvalue weighted by Gasteiger charge is -2.21. The maximum absolute atomic E-state index is 11.9. The van der Waals surface area contributed by atoms with Crippen molar-refractivity contribution < 1.29 is 14.3 Å². The lowest BCUT2D eigenvalue weighted by Crippen LogP contribution is -2.53. The van der Waals surface area contributed by atoms with Gasteiger partial charge >= 0.3 is 0 Å². The van der Waals surface area contributed by atoms with Gasteiger partial charge in [0, 0.05) is 0 Å². The lowest BCUT2D eigenvalue weighted by atomic mass is 10.1. The zero-order valence-corrected chi connectivity index (χ0v) is 16.5. The quantitative estimate of drug-likeness (QED) is 0.569. The van der Waals surface area contributed by atoms with E-state index in [4.69, 9.17) is 4.74 Å². The number of hydrogen-bond acceptors (Lipinski definition) is 3. The second kappa shape index (κ2) is 9.76. The summed E-state index contributed by atoms with van der Waals surface area (Å²) in [6, 6.07) is 6.90. The van der Waals surface area contributed by atoms with E-state index in [-0.39, 0.29) is 17.5 Å². The molecule has 0 bridgehead atoms. The van der Waals surface area contributed by atoms with Crippen molar-refractivity contribution in [2.24, 2.45) is 0 Å². The normalized spacial score (nSPS) is 18.7. The summed E-state index contributed by atoms with van der Waals surface area (Å²) in [5.74, 6) is 0.264. The molecule has 2 N–H and O–H groups in total. The number of rotatable bonds is 7. The van der Waals surface area contributed by atoms with Crippen LogP contribution in [0.25, 0.3) is 6.08 Å². The summed E-state index contributed by atoms with van der Waals surface area (Å²) in [5.41, 5.74) is 3.72. The molecule has 1 aliphatic heterocycles. The van der Waals surface area contributed by atoms with Gasteiger partial charge in [-0.15, -0.1) is 0 Å². The van der Waals surface area contributed by atoms with Crippen molar-refractivity contribution in [2.75, 3.05) is 6.61 Å². The Hall–Kier alpha value is -2.82. The number of piperazine rings is 1. The molecule has 1 aliphatic rings. The summed E-state index contributed by atoms with van der Waals surface area (Å²) in [5, 5.41) is 5.23. The summed E-state index contributed by atoms with van der Waals surface area (Å²) in [7, 11) is 0. The summed E-state index contributed by atoms with van der Waals surface area (Å²) in [4.78, 5) is 23.6. The highest BCUT2D eigenvalue weighted by Crippen LogP contribution is 2.15. The van der Waals surface area contributed by atoms with Crippen molar-refractivity contribution in [3.05, 3.63) is 58.8 Å². The van der Waals surface area contributed by atoms with Crippen molar-refractivity contribution in [1.29, 1.82) is 0 Å². The molecule has 2 amide bonds. The smallest absolute Gasteiger partial charge is 0.268 e. The van der Waals surface area contributed by atoms with Gasteiger partial charge in [-0.1, -0.05) is 29.4 Å². The van der Waals surface area contributed by atoms with Crippen LogP contribution in [-0.4, -0.2) is 24.5 Å². The van der Waals surface area contributed by atoms with Crippen LogP contribution >= 0.6 is 0 Å². The highest BCUT2D eigenvalue weighted by atomic mass is 16.5. The molecule has 1 atom stereocenters. The highest BCUT2D eigenvalue weighted by Gasteiger charge is 2.25. The Balaban J connectivity index is 1.88. The second-order valence-electron chi connectivity index (χ2n) is 6.99. The first-order chi connectivity index (χ1) is 12.8. The van der Waals surface area contributed by atoms with Gasteiger partial charge in [0.05, 0.1) is 0 Å². The number of amides is 2. The standard InChI is InChI=1S/C22H28N2O3/c1-15(2)6-5-7-16(3)12-13-27-19-10-8-18(9-11-19)14-20-22(26)23-17(4)21(25)24-20/h6,8-12,14,17H,5,7,13H2,1-4H3,(H,23,26)(H,24,25). The van der Waals surface area contributed by atoms with Crippen molar-refractivity contribution in [2.45, 2.75) is 46.6 Å². The molecule has 0 saturated carbocycles. The topological polar surface area (TPSA) is 67.4 Å². The van der Waals surface area contributed by atoms with Crippen LogP contribution in [-0.2, 0) is 9.59 Å². The molecule has 1 fully saturated rings. The Morgan fingerprint density at radius 3 is 2.48 bits per heavy atom. The number of ether oxygens (including phenoxy) is 1. The third kappa shape index (κ3) is 6.77. The number of carbonyl (C=O) groups excluding carboxylic acids is 2. The molecule has 0 spiro atoms. The molecule has 1 saturated heterocycles. The average Bonchev–Trinajstić information content (AvgIpc) is 2.61. The fraction of sp³-hybridized carbons (Fsp3) is 0.364. The molecule has 5 heteroatoms. The second-order valence-corrected chi connectivity index (χ2v) is 6.99. The van der Waals surface area contributed by atoms with Crippen LogP contribution in [0, 0.1) is 0 Å². The molecule has 1 unspecified atom stereocenters. The van der Waals surface area contributed by atoms with E-state index >= 15 is 0 Å². The van der Waals surface area contributed by atoms with Gasteiger partial charge in [0.25, 0.3) is 5.91 Å². The van der Waals surface area contributed by atoms with Crippen LogP contribution in [0.4, 0.5) is 0 Å². The molecular weight excluding hydrogens is 340 g/mol. The van der Waals surface area contributed by atoms with Gasteiger partial charge in [-0.2, -0.15) is 0 Å². The largest absolute Gasteiger partial charge is 0.490 e. The van der Waals surface area contributed by atoms with E-state index in [1.807, 2.05) is 24.3 Å². The molecule has 1 heterocycles. The number of benzene rings is 1. The number of nitrogens with one attached hydrogen (secondary N) is 2. The van der Waals surface area contributed by atoms with Crippen LogP contribution in [0.5, 0.6) is 5.75 Å². The molecule has 144 valence electrons. The number of carbonyl (C=O) groups is 2. The Labute approximate surface area is 161 Å². The minimum atomic E-state index is -0.510. The fourth-order valence-corrected chi connectivity index (χ4v) is 2.54. The van der Waals surface area contributed by atoms with Crippen molar-refractivity contribution in [3.63, 3.8) is 0 Å². The van der Waals surface area contributed by atoms with E-state index in [2.05, 4.69) is 43.6 Å². The summed E-state index contributed by atoms with van der Waals surface area (Å²) >= 11 is 0. The maximum Gasteiger partial charge on any atom is 0.268 e. The van der Waals surface area contributed by atoms with E-state index in [9.17, 15) is 9.59 Å². The van der Waals surface area contributed by atoms with Crippen LogP contribution < -0.4 is 15.4 Å². The van der Waals surface area contributed by atoms with E-state index < -0.39 is 6.04 Å². The van der Waals surface area contributed by atoms with Crippen LogP contribution in [0.15, 0.2) is 53.3 Å². The molecule has 0 radical (unpaired) electrons. The van der Waals surface area contributed by atoms with Crippen LogP contribution in [0.1, 0.15) is 46.1 Å². The molecule has 1 aromatic rings. The van der Waals surface area contributed by atoms with E-state index in [0.29, 0.717) is 6.61 Å². The van der Waals surface area contributed by atoms with Crippen molar-refractivity contribution in [3.8, 4) is 5.75 Å². The third-order valence-electron chi connectivity index (χ3n) is 4.21. The fourth-order valence-electron chi connectivity index (χ4n) is 2.54. The highest BCUT2D eigenvalue weighted by molar-refractivity contribution is 6.07. The average molecular weight is 368 g/mol. The van der Waals surface area contributed by atoms with Crippen LogP contribution in [0.3, 0.4) is 0 Å². The number of hydrogen-bond donors (Lipinski definition) is 2. The zero-order chi connectivity index (χ0) is 19.8. The van der Waals surface area contributed by atoms with Crippen molar-refractivity contribution >= 4 is 17.9 Å². The lowest BCUT2D eigenvalue weighted by molar-refractivity contribution is -0.130. The third-order valence-corrected chi connectivity index (χ3v) is 4.21. The number of allylic oxidation sites excluding steroid dienone is 3. The van der Waals surface area contributed by atoms with Crippen LogP contribution in [0.2, 0.25) is 0 Å². The summed E-state index contributed by atoms with van der Waals surface area (Å²) < 4.78 is 5.74. The maximum atomic E-state index is 11.9. The Bertz CT molecular complexity index is 769. The molecule has 27 heavy (non-hydrogen) atoms. The molecule has 0 aromatic heterocycles. The molecule has 2 rings (SSSR count). The van der Waals surface area contributed by atoms with Gasteiger partial charge < -0.3 is 15.4 Å². The van der Waals surface area contributed by atoms with E-state index in [1.54, 1.807) is 13.0 Å². The van der Waals surface area contributed by atoms with Gasteiger partial charge in [0.2, 0.25) is 5.91 Å². The SMILES string of the molecule is CC(C)=CCCC(C)=CCOc1ccc(C=C2NC(=O)C(C)NC2=O)cc1. The van der Waals surface area contributed by atoms with E-state index in [0.717, 1.165) is 24.2 Å².